The first-order valence-electron chi connectivity index (χ1n) is 22.8. The van der Waals surface area contributed by atoms with E-state index in [-0.39, 0.29) is 29.6 Å². The van der Waals surface area contributed by atoms with Crippen LogP contribution in [-0.4, -0.2) is 124 Å². The lowest BCUT2D eigenvalue weighted by Crippen LogP contribution is -2.46. The second kappa shape index (κ2) is 23.1. The molecule has 6 N–H and O–H groups in total. The molecule has 3 aromatic carbocycles. The third kappa shape index (κ3) is 13.0. The number of hydrogen-bond acceptors (Lipinski definition) is 11. The molecule has 5 saturated heterocycles. The Kier molecular flexibility index (Phi) is 17.1. The van der Waals surface area contributed by atoms with Gasteiger partial charge in [0.05, 0.1) is 25.7 Å². The van der Waals surface area contributed by atoms with Gasteiger partial charge in [-0.05, 0) is 131 Å². The number of piperidine rings is 4. The van der Waals surface area contributed by atoms with Gasteiger partial charge in [0.1, 0.15) is 0 Å². The predicted molar refractivity (Wildman–Crippen MR) is 246 cm³/mol. The van der Waals surface area contributed by atoms with Crippen molar-refractivity contribution in [2.75, 3.05) is 112 Å². The van der Waals surface area contributed by atoms with Gasteiger partial charge in [-0.15, -0.1) is 0 Å². The summed E-state index contributed by atoms with van der Waals surface area (Å²) >= 11 is 0. The molecule has 14 nitrogen and oxygen atoms in total. The lowest BCUT2D eigenvalue weighted by molar-refractivity contribution is -0.149. The van der Waals surface area contributed by atoms with Crippen LogP contribution in [0.4, 0.5) is 28.4 Å². The van der Waals surface area contributed by atoms with Crippen molar-refractivity contribution < 1.29 is 28.7 Å². The quantitative estimate of drug-likeness (QED) is 0.201. The molecule has 8 rings (SSSR count). The topological polar surface area (TPSA) is 181 Å². The molecule has 336 valence electrons. The highest BCUT2D eigenvalue weighted by atomic mass is 16.5. The Bertz CT molecular complexity index is 1780. The summed E-state index contributed by atoms with van der Waals surface area (Å²) in [5.41, 5.74) is 22.3. The summed E-state index contributed by atoms with van der Waals surface area (Å²) in [7, 11) is 0. The first-order valence-corrected chi connectivity index (χ1v) is 22.8. The van der Waals surface area contributed by atoms with Crippen molar-refractivity contribution in [2.45, 2.75) is 64.7 Å². The molecule has 0 saturated carbocycles. The average Bonchev–Trinajstić information content (AvgIpc) is 3.32. The van der Waals surface area contributed by atoms with Gasteiger partial charge in [0.25, 0.3) is 5.91 Å². The molecule has 5 fully saturated rings. The highest BCUT2D eigenvalue weighted by Gasteiger charge is 2.31. The Hall–Kier alpha value is -5.50. The lowest BCUT2D eigenvalue weighted by atomic mass is 9.94. The van der Waals surface area contributed by atoms with E-state index in [9.17, 15) is 19.2 Å². The summed E-state index contributed by atoms with van der Waals surface area (Å²) in [6.07, 6.45) is 8.76. The van der Waals surface area contributed by atoms with E-state index in [0.717, 1.165) is 89.4 Å². The number of carbonyl (C=O) groups is 4. The molecule has 0 aliphatic carbocycles. The summed E-state index contributed by atoms with van der Waals surface area (Å²) in [4.78, 5) is 59.5. The summed E-state index contributed by atoms with van der Waals surface area (Å²) in [6.45, 7) is 12.0. The maximum Gasteiger partial charge on any atom is 0.309 e. The third-order valence-corrected chi connectivity index (χ3v) is 12.7. The van der Waals surface area contributed by atoms with Gasteiger partial charge in [-0.3, -0.25) is 19.2 Å². The van der Waals surface area contributed by atoms with Crippen LogP contribution in [0.5, 0.6) is 0 Å². The van der Waals surface area contributed by atoms with Crippen molar-refractivity contribution in [1.29, 1.82) is 0 Å². The molecule has 5 heterocycles. The zero-order valence-corrected chi connectivity index (χ0v) is 36.6. The van der Waals surface area contributed by atoms with Crippen LogP contribution < -0.4 is 27.0 Å². The number of morpholine rings is 1. The maximum absolute atomic E-state index is 12.5. The van der Waals surface area contributed by atoms with Gasteiger partial charge in [-0.25, -0.2) is 0 Å². The van der Waals surface area contributed by atoms with Crippen molar-refractivity contribution >= 4 is 52.1 Å². The molecule has 14 heteroatoms. The van der Waals surface area contributed by atoms with Crippen LogP contribution in [0, 0.1) is 17.8 Å². The molecule has 3 aromatic rings. The van der Waals surface area contributed by atoms with Crippen LogP contribution in [0.25, 0.3) is 0 Å². The molecular formula is C48H68N8O6. The van der Waals surface area contributed by atoms with Gasteiger partial charge in [-0.1, -0.05) is 6.07 Å². The summed E-state index contributed by atoms with van der Waals surface area (Å²) in [6, 6.07) is 23.0. The monoisotopic (exact) mass is 853 g/mol. The Balaban J connectivity index is 0.000000155. The number of nitrogens with zero attached hydrogens (tertiary/aromatic N) is 5. The largest absolute Gasteiger partial charge is 0.466 e. The van der Waals surface area contributed by atoms with E-state index >= 15 is 0 Å². The number of nitrogen functional groups attached to an aromatic ring is 3. The summed E-state index contributed by atoms with van der Waals surface area (Å²) < 4.78 is 10.3. The molecule has 0 aromatic heterocycles. The lowest BCUT2D eigenvalue weighted by Gasteiger charge is -2.36. The molecule has 0 unspecified atom stereocenters. The molecule has 0 atom stereocenters. The van der Waals surface area contributed by atoms with Crippen LogP contribution in [0.3, 0.4) is 0 Å². The average molecular weight is 853 g/mol. The van der Waals surface area contributed by atoms with E-state index < -0.39 is 0 Å². The van der Waals surface area contributed by atoms with Gasteiger partial charge in [-0.2, -0.15) is 0 Å². The SMILES string of the molecule is CCOC(=O)C1CCN(C(=O)c2cccc(N)c2)CC1.Nc1ccc(N2CCC(C(=O)N3CCCCC3)CC2)cc1.Nc1ccc(N2CCC(C(=O)N3CCOCC3)CC2)cc1. The van der Waals surface area contributed by atoms with E-state index in [1.807, 2.05) is 29.2 Å². The Morgan fingerprint density at radius 3 is 1.48 bits per heavy atom. The fourth-order valence-electron chi connectivity index (χ4n) is 8.99. The molecule has 62 heavy (non-hydrogen) atoms. The van der Waals surface area contributed by atoms with Crippen molar-refractivity contribution in [2.24, 2.45) is 17.8 Å². The summed E-state index contributed by atoms with van der Waals surface area (Å²) in [5, 5.41) is 0. The number of carbonyl (C=O) groups excluding carboxylic acids is 4. The van der Waals surface area contributed by atoms with Crippen molar-refractivity contribution in [3.63, 3.8) is 0 Å². The Morgan fingerprint density at radius 1 is 0.548 bits per heavy atom. The molecule has 3 amide bonds. The second-order valence-corrected chi connectivity index (χ2v) is 17.0. The third-order valence-electron chi connectivity index (χ3n) is 12.7. The highest BCUT2D eigenvalue weighted by molar-refractivity contribution is 5.95. The molecule has 5 aliphatic heterocycles. The molecule has 0 radical (unpaired) electrons. The van der Waals surface area contributed by atoms with E-state index in [0.29, 0.717) is 68.8 Å². The second-order valence-electron chi connectivity index (χ2n) is 17.0. The molecule has 0 spiro atoms. The number of esters is 1. The van der Waals surface area contributed by atoms with Crippen LogP contribution >= 0.6 is 0 Å². The smallest absolute Gasteiger partial charge is 0.309 e. The van der Waals surface area contributed by atoms with E-state index in [1.54, 1.807) is 36.1 Å². The predicted octanol–water partition coefficient (Wildman–Crippen LogP) is 5.53. The maximum atomic E-state index is 12.5. The number of anilines is 5. The van der Waals surface area contributed by atoms with Crippen molar-refractivity contribution in [3.8, 4) is 0 Å². The van der Waals surface area contributed by atoms with Crippen molar-refractivity contribution in [1.82, 2.24) is 14.7 Å². The number of nitrogens with two attached hydrogens (primary N) is 3. The normalized spacial score (nSPS) is 19.1. The minimum Gasteiger partial charge on any atom is -0.466 e. The zero-order chi connectivity index (χ0) is 43.8. The Morgan fingerprint density at radius 2 is 1.02 bits per heavy atom. The van der Waals surface area contributed by atoms with E-state index in [4.69, 9.17) is 26.7 Å². The fourth-order valence-corrected chi connectivity index (χ4v) is 8.99. The number of likely N-dealkylation sites (tertiary alicyclic amines) is 2. The number of benzene rings is 3. The number of amides is 3. The van der Waals surface area contributed by atoms with Crippen LogP contribution in [-0.2, 0) is 23.9 Å². The number of rotatable bonds is 7. The first-order chi connectivity index (χ1) is 30.1. The molecule has 0 bridgehead atoms. The first kappa shape index (κ1) is 46.0. The highest BCUT2D eigenvalue weighted by Crippen LogP contribution is 2.28. The summed E-state index contributed by atoms with van der Waals surface area (Å²) in [5.74, 6) is 0.853. The molecular weight excluding hydrogens is 785 g/mol. The standard InChI is InChI=1S/C17H25N3O.C16H23N3O2.C15H20N2O3/c18-15-4-6-16(7-5-15)19-12-8-14(9-13-19)17(21)20-10-2-1-3-11-20;17-14-1-3-15(4-2-14)18-7-5-13(6-8-18)16(20)19-9-11-21-12-10-19;1-2-20-15(19)11-6-8-17(9-7-11)14(18)12-4-3-5-13(16)10-12/h4-7,14H,1-3,8-13,18H2;1-4,13H,5-12,17H2;3-5,10-11H,2,6-9,16H2,1H3. The van der Waals surface area contributed by atoms with E-state index in [1.165, 1.54) is 30.6 Å². The zero-order valence-electron chi connectivity index (χ0n) is 36.6. The fraction of sp³-hybridized carbons (Fsp3) is 0.542. The molecule has 5 aliphatic rings. The Labute approximate surface area is 367 Å². The number of ether oxygens (including phenoxy) is 2. The van der Waals surface area contributed by atoms with Gasteiger partial charge in [0.15, 0.2) is 0 Å². The minimum atomic E-state index is -0.149. The van der Waals surface area contributed by atoms with E-state index in [2.05, 4.69) is 39.0 Å². The number of hydrogen-bond donors (Lipinski definition) is 3. The van der Waals surface area contributed by atoms with Crippen molar-refractivity contribution in [3.05, 3.63) is 78.4 Å². The van der Waals surface area contributed by atoms with Crippen LogP contribution in [0.2, 0.25) is 0 Å². The van der Waals surface area contributed by atoms with Crippen LogP contribution in [0.1, 0.15) is 75.1 Å². The van der Waals surface area contributed by atoms with Gasteiger partial charge in [0.2, 0.25) is 11.8 Å². The van der Waals surface area contributed by atoms with Gasteiger partial charge < -0.3 is 51.2 Å². The van der Waals surface area contributed by atoms with Gasteiger partial charge in [0, 0.05) is 111 Å². The van der Waals surface area contributed by atoms with Crippen LogP contribution in [0.15, 0.2) is 72.8 Å². The minimum absolute atomic E-state index is 0.0281. The van der Waals surface area contributed by atoms with Gasteiger partial charge >= 0.3 is 5.97 Å².